The van der Waals surface area contributed by atoms with Crippen molar-refractivity contribution in [3.05, 3.63) is 30.1 Å². The van der Waals surface area contributed by atoms with Crippen molar-refractivity contribution in [1.29, 1.82) is 0 Å². The molecule has 1 aromatic rings. The Hall–Kier alpha value is -0.830. The van der Waals surface area contributed by atoms with E-state index >= 15 is 0 Å². The molecule has 1 N–H and O–H groups in total. The third-order valence-electron chi connectivity index (χ3n) is 1.29. The summed E-state index contributed by atoms with van der Waals surface area (Å²) in [5, 5.41) is 0. The second-order valence-electron chi connectivity index (χ2n) is 2.14. The van der Waals surface area contributed by atoms with Crippen LogP contribution in [0.25, 0.3) is 0 Å². The van der Waals surface area contributed by atoms with Gasteiger partial charge in [0, 0.05) is 22.9 Å². The standard InChI is InChI=1S/C7H8NO3P/c9-12(10)11-6-4-7-3-1-2-5-8-7/h1-3,5H,4,6H2/p+1. The molecule has 64 valence electrons. The van der Waals surface area contributed by atoms with Gasteiger partial charge in [-0.05, 0) is 12.1 Å². The summed E-state index contributed by atoms with van der Waals surface area (Å²) >= 11 is 0. The molecular weight excluding hydrogens is 177 g/mol. The lowest BCUT2D eigenvalue weighted by atomic mass is 10.3. The SMILES string of the molecule is O=[P+](O)OCCc1ccccn1. The van der Waals surface area contributed by atoms with Gasteiger partial charge in [-0.1, -0.05) is 6.07 Å². The number of rotatable bonds is 4. The maximum absolute atomic E-state index is 10.1. The Bertz CT molecular complexity index is 252. The normalized spacial score (nSPS) is 11.2. The fraction of sp³-hybridized carbons (Fsp3) is 0.286. The quantitative estimate of drug-likeness (QED) is 0.719. The zero-order chi connectivity index (χ0) is 8.81. The summed E-state index contributed by atoms with van der Waals surface area (Å²) < 4.78 is 14.6. The van der Waals surface area contributed by atoms with Crippen molar-refractivity contribution in [2.24, 2.45) is 0 Å². The zero-order valence-corrected chi connectivity index (χ0v) is 7.28. The Labute approximate surface area is 71.2 Å². The lowest BCUT2D eigenvalue weighted by molar-refractivity contribution is 0.284. The smallest absolute Gasteiger partial charge is 0.261 e. The minimum atomic E-state index is -2.47. The summed E-state index contributed by atoms with van der Waals surface area (Å²) in [7, 11) is -2.47. The molecule has 0 fully saturated rings. The van der Waals surface area contributed by atoms with Crippen LogP contribution in [0.2, 0.25) is 0 Å². The molecule has 12 heavy (non-hydrogen) atoms. The summed E-state index contributed by atoms with van der Waals surface area (Å²) in [6.07, 6.45) is 2.23. The molecule has 0 saturated heterocycles. The van der Waals surface area contributed by atoms with Gasteiger partial charge in [-0.15, -0.1) is 9.42 Å². The summed E-state index contributed by atoms with van der Waals surface area (Å²) in [5.74, 6) is 0. The summed E-state index contributed by atoms with van der Waals surface area (Å²) in [6, 6.07) is 5.52. The van der Waals surface area contributed by atoms with E-state index in [0.29, 0.717) is 6.42 Å². The Morgan fingerprint density at radius 1 is 1.58 bits per heavy atom. The van der Waals surface area contributed by atoms with E-state index in [2.05, 4.69) is 9.51 Å². The highest BCUT2D eigenvalue weighted by Gasteiger charge is 2.10. The molecule has 0 bridgehead atoms. The van der Waals surface area contributed by atoms with Gasteiger partial charge < -0.3 is 0 Å². The van der Waals surface area contributed by atoms with Crippen LogP contribution in [0.1, 0.15) is 5.69 Å². The van der Waals surface area contributed by atoms with Crippen molar-refractivity contribution in [2.75, 3.05) is 6.61 Å². The minimum Gasteiger partial charge on any atom is -0.261 e. The summed E-state index contributed by atoms with van der Waals surface area (Å²) in [6.45, 7) is 0.225. The average molecular weight is 186 g/mol. The van der Waals surface area contributed by atoms with Gasteiger partial charge in [-0.3, -0.25) is 4.98 Å². The molecule has 0 aliphatic rings. The Morgan fingerprint density at radius 2 is 2.42 bits per heavy atom. The average Bonchev–Trinajstić information content (AvgIpc) is 2.05. The first-order valence-electron chi connectivity index (χ1n) is 3.48. The molecule has 0 radical (unpaired) electrons. The van der Waals surface area contributed by atoms with Gasteiger partial charge in [0.1, 0.15) is 6.61 Å². The number of aromatic nitrogens is 1. The molecule has 0 saturated carbocycles. The topological polar surface area (TPSA) is 59.4 Å². The molecule has 0 aliphatic carbocycles. The molecule has 0 aromatic carbocycles. The first kappa shape index (κ1) is 9.26. The van der Waals surface area contributed by atoms with Gasteiger partial charge >= 0.3 is 8.25 Å². The highest BCUT2D eigenvalue weighted by molar-refractivity contribution is 7.32. The van der Waals surface area contributed by atoms with Crippen LogP contribution in [0.5, 0.6) is 0 Å². The van der Waals surface area contributed by atoms with Crippen LogP contribution < -0.4 is 0 Å². The maximum Gasteiger partial charge on any atom is 0.694 e. The van der Waals surface area contributed by atoms with E-state index < -0.39 is 8.25 Å². The van der Waals surface area contributed by atoms with Crippen molar-refractivity contribution in [1.82, 2.24) is 4.98 Å². The Balaban J connectivity index is 2.29. The van der Waals surface area contributed by atoms with Gasteiger partial charge in [-0.25, -0.2) is 0 Å². The molecule has 0 spiro atoms. The Kier molecular flexibility index (Phi) is 3.80. The van der Waals surface area contributed by atoms with Crippen molar-refractivity contribution in [2.45, 2.75) is 6.42 Å². The molecule has 1 atom stereocenters. The van der Waals surface area contributed by atoms with Crippen molar-refractivity contribution < 1.29 is 14.0 Å². The monoisotopic (exact) mass is 186 g/mol. The minimum absolute atomic E-state index is 0.225. The van der Waals surface area contributed by atoms with Gasteiger partial charge in [0.25, 0.3) is 0 Å². The molecular formula is C7H9NO3P+. The third-order valence-corrected chi connectivity index (χ3v) is 1.69. The molecule has 1 aromatic heterocycles. The van der Waals surface area contributed by atoms with Crippen molar-refractivity contribution >= 4 is 8.25 Å². The van der Waals surface area contributed by atoms with E-state index in [1.165, 1.54) is 0 Å². The molecule has 0 aliphatic heterocycles. The number of nitrogens with zero attached hydrogens (tertiary/aromatic N) is 1. The van der Waals surface area contributed by atoms with Gasteiger partial charge in [-0.2, -0.15) is 0 Å². The predicted molar refractivity (Wildman–Crippen MR) is 43.7 cm³/mol. The van der Waals surface area contributed by atoms with Crippen LogP contribution in [-0.4, -0.2) is 16.5 Å². The van der Waals surface area contributed by atoms with Crippen LogP contribution in [-0.2, 0) is 15.5 Å². The molecule has 1 rings (SSSR count). The van der Waals surface area contributed by atoms with Crippen LogP contribution >= 0.6 is 8.25 Å². The lowest BCUT2D eigenvalue weighted by Gasteiger charge is -1.93. The van der Waals surface area contributed by atoms with E-state index in [-0.39, 0.29) is 6.61 Å². The van der Waals surface area contributed by atoms with Crippen LogP contribution in [0.4, 0.5) is 0 Å². The first-order chi connectivity index (χ1) is 5.79. The zero-order valence-electron chi connectivity index (χ0n) is 6.38. The molecule has 1 unspecified atom stereocenters. The van der Waals surface area contributed by atoms with E-state index in [4.69, 9.17) is 4.89 Å². The van der Waals surface area contributed by atoms with Crippen molar-refractivity contribution in [3.8, 4) is 0 Å². The van der Waals surface area contributed by atoms with Gasteiger partial charge in [0.05, 0.1) is 0 Å². The van der Waals surface area contributed by atoms with Crippen molar-refractivity contribution in [3.63, 3.8) is 0 Å². The van der Waals surface area contributed by atoms with Crippen LogP contribution in [0, 0.1) is 0 Å². The highest BCUT2D eigenvalue weighted by Crippen LogP contribution is 2.14. The maximum atomic E-state index is 10.1. The Morgan fingerprint density at radius 3 is 3.00 bits per heavy atom. The summed E-state index contributed by atoms with van der Waals surface area (Å²) in [5.41, 5.74) is 0.856. The fourth-order valence-electron chi connectivity index (χ4n) is 0.774. The number of hydrogen-bond acceptors (Lipinski definition) is 3. The van der Waals surface area contributed by atoms with E-state index in [0.717, 1.165) is 5.69 Å². The van der Waals surface area contributed by atoms with E-state index in [1.807, 2.05) is 18.2 Å². The first-order valence-corrected chi connectivity index (χ1v) is 4.61. The van der Waals surface area contributed by atoms with E-state index in [1.54, 1.807) is 6.20 Å². The fourth-order valence-corrected chi connectivity index (χ4v) is 1.02. The van der Waals surface area contributed by atoms with Crippen LogP contribution in [0.15, 0.2) is 24.4 Å². The van der Waals surface area contributed by atoms with E-state index in [9.17, 15) is 4.57 Å². The molecule has 0 amide bonds. The summed E-state index contributed by atoms with van der Waals surface area (Å²) in [4.78, 5) is 12.3. The number of pyridine rings is 1. The highest BCUT2D eigenvalue weighted by atomic mass is 31.1. The predicted octanol–water partition coefficient (Wildman–Crippen LogP) is 1.29. The second-order valence-corrected chi connectivity index (χ2v) is 2.88. The number of hydrogen-bond donors (Lipinski definition) is 1. The second kappa shape index (κ2) is 4.93. The van der Waals surface area contributed by atoms with Gasteiger partial charge in [0.2, 0.25) is 0 Å². The third kappa shape index (κ3) is 3.53. The largest absolute Gasteiger partial charge is 0.694 e. The van der Waals surface area contributed by atoms with Gasteiger partial charge in [0.15, 0.2) is 0 Å². The molecule has 1 heterocycles. The lowest BCUT2D eigenvalue weighted by Crippen LogP contribution is -1.94. The van der Waals surface area contributed by atoms with Crippen LogP contribution in [0.3, 0.4) is 0 Å². The molecule has 5 heteroatoms. The molecule has 4 nitrogen and oxygen atoms in total.